The molecule has 0 unspecified atom stereocenters. The summed E-state index contributed by atoms with van der Waals surface area (Å²) < 4.78 is 5.76. The lowest BCUT2D eigenvalue weighted by atomic mass is 10.1. The standard InChI is InChI=1S/C18H21NO2S/c1-12-9-13(2)11-15(10-12)21-14(3)18(20)19-16-7-5-6-8-17(16)22-4/h5-11,14H,1-4H3,(H,19,20)/t14-/m1/s1. The van der Waals surface area contributed by atoms with Gasteiger partial charge in [-0.25, -0.2) is 0 Å². The van der Waals surface area contributed by atoms with Gasteiger partial charge in [-0.1, -0.05) is 18.2 Å². The van der Waals surface area contributed by atoms with E-state index in [2.05, 4.69) is 11.4 Å². The number of aryl methyl sites for hydroxylation is 2. The van der Waals surface area contributed by atoms with Crippen LogP contribution in [-0.4, -0.2) is 18.3 Å². The number of para-hydroxylation sites is 1. The summed E-state index contributed by atoms with van der Waals surface area (Å²) in [6.07, 6.45) is 1.43. The smallest absolute Gasteiger partial charge is 0.265 e. The summed E-state index contributed by atoms with van der Waals surface area (Å²) >= 11 is 1.60. The summed E-state index contributed by atoms with van der Waals surface area (Å²) in [6, 6.07) is 13.7. The third-order valence-corrected chi connectivity index (χ3v) is 4.04. The van der Waals surface area contributed by atoms with Crippen LogP contribution in [0, 0.1) is 13.8 Å². The highest BCUT2D eigenvalue weighted by molar-refractivity contribution is 7.98. The van der Waals surface area contributed by atoms with Gasteiger partial charge >= 0.3 is 0 Å². The highest BCUT2D eigenvalue weighted by Crippen LogP contribution is 2.25. The Bertz CT molecular complexity index is 650. The number of thioether (sulfide) groups is 1. The molecule has 3 nitrogen and oxygen atoms in total. The molecule has 0 saturated heterocycles. The lowest BCUT2D eigenvalue weighted by molar-refractivity contribution is -0.122. The lowest BCUT2D eigenvalue weighted by Gasteiger charge is -2.16. The molecule has 0 fully saturated rings. The van der Waals surface area contributed by atoms with E-state index < -0.39 is 6.10 Å². The largest absolute Gasteiger partial charge is 0.481 e. The van der Waals surface area contributed by atoms with Gasteiger partial charge in [-0.3, -0.25) is 4.79 Å². The van der Waals surface area contributed by atoms with E-state index in [-0.39, 0.29) is 5.91 Å². The first-order valence-electron chi connectivity index (χ1n) is 7.18. The van der Waals surface area contributed by atoms with Crippen LogP contribution in [0.1, 0.15) is 18.1 Å². The minimum absolute atomic E-state index is 0.152. The molecule has 0 aliphatic carbocycles. The summed E-state index contributed by atoms with van der Waals surface area (Å²) in [5, 5.41) is 2.93. The maximum atomic E-state index is 12.3. The van der Waals surface area contributed by atoms with Crippen LogP contribution in [0.2, 0.25) is 0 Å². The van der Waals surface area contributed by atoms with Crippen LogP contribution < -0.4 is 10.1 Å². The van der Waals surface area contributed by atoms with Gasteiger partial charge in [0.15, 0.2) is 6.10 Å². The summed E-state index contributed by atoms with van der Waals surface area (Å²) in [5.74, 6) is 0.568. The SMILES string of the molecule is CSc1ccccc1NC(=O)[C@@H](C)Oc1cc(C)cc(C)c1. The summed E-state index contributed by atoms with van der Waals surface area (Å²) in [4.78, 5) is 13.3. The van der Waals surface area contributed by atoms with Crippen LogP contribution in [0.4, 0.5) is 5.69 Å². The predicted molar refractivity (Wildman–Crippen MR) is 92.9 cm³/mol. The summed E-state index contributed by atoms with van der Waals surface area (Å²) in [6.45, 7) is 5.79. The van der Waals surface area contributed by atoms with E-state index in [1.54, 1.807) is 18.7 Å². The maximum absolute atomic E-state index is 12.3. The molecule has 2 rings (SSSR count). The summed E-state index contributed by atoms with van der Waals surface area (Å²) in [5.41, 5.74) is 3.06. The summed E-state index contributed by atoms with van der Waals surface area (Å²) in [7, 11) is 0. The van der Waals surface area contributed by atoms with Crippen molar-refractivity contribution >= 4 is 23.4 Å². The molecule has 0 bridgehead atoms. The van der Waals surface area contributed by atoms with Crippen LogP contribution >= 0.6 is 11.8 Å². The minimum atomic E-state index is -0.559. The molecular formula is C18H21NO2S. The highest BCUT2D eigenvalue weighted by Gasteiger charge is 2.16. The topological polar surface area (TPSA) is 38.3 Å². The second-order valence-electron chi connectivity index (χ2n) is 5.27. The first-order valence-corrected chi connectivity index (χ1v) is 8.41. The molecule has 0 saturated carbocycles. The average Bonchev–Trinajstić information content (AvgIpc) is 2.46. The van der Waals surface area contributed by atoms with E-state index in [9.17, 15) is 4.79 Å². The number of ether oxygens (including phenoxy) is 1. The van der Waals surface area contributed by atoms with Gasteiger partial charge in [-0.2, -0.15) is 0 Å². The molecule has 0 aromatic heterocycles. The average molecular weight is 315 g/mol. The molecule has 0 aliphatic heterocycles. The first kappa shape index (κ1) is 16.4. The number of carbonyl (C=O) groups excluding carboxylic acids is 1. The van der Waals surface area contributed by atoms with Gasteiger partial charge < -0.3 is 10.1 Å². The van der Waals surface area contributed by atoms with E-state index in [1.165, 1.54) is 0 Å². The number of rotatable bonds is 5. The fourth-order valence-electron chi connectivity index (χ4n) is 2.24. The Morgan fingerprint density at radius 3 is 2.41 bits per heavy atom. The highest BCUT2D eigenvalue weighted by atomic mass is 32.2. The van der Waals surface area contributed by atoms with E-state index >= 15 is 0 Å². The van der Waals surface area contributed by atoms with Crippen molar-refractivity contribution in [2.24, 2.45) is 0 Å². The molecule has 2 aromatic rings. The Labute approximate surface area is 136 Å². The van der Waals surface area contributed by atoms with Crippen LogP contribution in [0.3, 0.4) is 0 Å². The van der Waals surface area contributed by atoms with Gasteiger partial charge in [-0.05, 0) is 62.4 Å². The van der Waals surface area contributed by atoms with Gasteiger partial charge in [-0.15, -0.1) is 11.8 Å². The van der Waals surface area contributed by atoms with Crippen LogP contribution in [0.5, 0.6) is 5.75 Å². The third kappa shape index (κ3) is 4.28. The van der Waals surface area contributed by atoms with Crippen LogP contribution in [-0.2, 0) is 4.79 Å². The van der Waals surface area contributed by atoms with E-state index in [0.717, 1.165) is 27.5 Å². The second-order valence-corrected chi connectivity index (χ2v) is 6.12. The van der Waals surface area contributed by atoms with Gasteiger partial charge in [0, 0.05) is 4.90 Å². The van der Waals surface area contributed by atoms with E-state index in [1.807, 2.05) is 56.5 Å². The molecule has 1 amide bonds. The minimum Gasteiger partial charge on any atom is -0.481 e. The molecule has 4 heteroatoms. The maximum Gasteiger partial charge on any atom is 0.265 e. The zero-order chi connectivity index (χ0) is 16.1. The van der Waals surface area contributed by atoms with Crippen molar-refractivity contribution < 1.29 is 9.53 Å². The molecule has 116 valence electrons. The van der Waals surface area contributed by atoms with Crippen molar-refractivity contribution in [3.63, 3.8) is 0 Å². The van der Waals surface area contributed by atoms with E-state index in [4.69, 9.17) is 4.74 Å². The van der Waals surface area contributed by atoms with Crippen molar-refractivity contribution in [3.8, 4) is 5.75 Å². The molecular weight excluding hydrogens is 294 g/mol. The number of hydrogen-bond acceptors (Lipinski definition) is 3. The number of carbonyl (C=O) groups is 1. The Balaban J connectivity index is 2.06. The Kier molecular flexibility index (Phi) is 5.50. The lowest BCUT2D eigenvalue weighted by Crippen LogP contribution is -2.30. The Hall–Kier alpha value is -1.94. The molecule has 0 spiro atoms. The number of hydrogen-bond donors (Lipinski definition) is 1. The van der Waals surface area contributed by atoms with Crippen molar-refractivity contribution in [1.82, 2.24) is 0 Å². The van der Waals surface area contributed by atoms with Crippen LogP contribution in [0.25, 0.3) is 0 Å². The number of anilines is 1. The molecule has 1 atom stereocenters. The monoisotopic (exact) mass is 315 g/mol. The molecule has 22 heavy (non-hydrogen) atoms. The van der Waals surface area contributed by atoms with Gasteiger partial charge in [0.05, 0.1) is 5.69 Å². The normalized spacial score (nSPS) is 11.8. The Morgan fingerprint density at radius 1 is 1.14 bits per heavy atom. The fraction of sp³-hybridized carbons (Fsp3) is 0.278. The van der Waals surface area contributed by atoms with Gasteiger partial charge in [0.25, 0.3) is 5.91 Å². The number of nitrogens with one attached hydrogen (secondary N) is 1. The van der Waals surface area contributed by atoms with Gasteiger partial charge in [0.2, 0.25) is 0 Å². The number of amides is 1. The van der Waals surface area contributed by atoms with Crippen molar-refractivity contribution in [3.05, 3.63) is 53.6 Å². The van der Waals surface area contributed by atoms with Crippen molar-refractivity contribution in [2.75, 3.05) is 11.6 Å². The quantitative estimate of drug-likeness (QED) is 0.829. The second kappa shape index (κ2) is 7.36. The first-order chi connectivity index (χ1) is 10.5. The Morgan fingerprint density at radius 2 is 1.77 bits per heavy atom. The number of benzene rings is 2. The van der Waals surface area contributed by atoms with E-state index in [0.29, 0.717) is 0 Å². The molecule has 2 aromatic carbocycles. The molecule has 0 radical (unpaired) electrons. The zero-order valence-electron chi connectivity index (χ0n) is 13.3. The van der Waals surface area contributed by atoms with Gasteiger partial charge in [0.1, 0.15) is 5.75 Å². The van der Waals surface area contributed by atoms with Crippen LogP contribution in [0.15, 0.2) is 47.4 Å². The molecule has 0 aliphatic rings. The molecule has 1 N–H and O–H groups in total. The third-order valence-electron chi connectivity index (χ3n) is 3.24. The van der Waals surface area contributed by atoms with Crippen molar-refractivity contribution in [1.29, 1.82) is 0 Å². The predicted octanol–water partition coefficient (Wildman–Crippen LogP) is 4.43. The zero-order valence-corrected chi connectivity index (χ0v) is 14.2. The van der Waals surface area contributed by atoms with Crippen molar-refractivity contribution in [2.45, 2.75) is 31.8 Å². The fourth-order valence-corrected chi connectivity index (χ4v) is 2.79. The molecule has 0 heterocycles.